The molecule has 0 bridgehead atoms. The summed E-state index contributed by atoms with van der Waals surface area (Å²) in [6.45, 7) is 4.57. The van der Waals surface area contributed by atoms with Gasteiger partial charge >= 0.3 is 0 Å². The van der Waals surface area contributed by atoms with Gasteiger partial charge in [-0.25, -0.2) is 0 Å². The Morgan fingerprint density at radius 2 is 1.76 bits per heavy atom. The van der Waals surface area contributed by atoms with E-state index >= 15 is 0 Å². The molecular weight excluding hydrogens is 210 g/mol. The molecule has 0 aromatic heterocycles. The fraction of sp³-hybridized carbons (Fsp3) is 0.200. The van der Waals surface area contributed by atoms with Gasteiger partial charge in [-0.2, -0.15) is 0 Å². The number of aryl methyl sites for hydroxylation is 1. The topological polar surface area (TPSA) is 35.2 Å². The molecule has 0 fully saturated rings. The molecule has 88 valence electrons. The molecular formula is C15H17NO. The molecule has 0 aliphatic carbocycles. The first-order valence-corrected chi connectivity index (χ1v) is 5.70. The Hall–Kier alpha value is -1.96. The second kappa shape index (κ2) is 4.91. The predicted octanol–water partition coefficient (Wildman–Crippen LogP) is 3.46. The summed E-state index contributed by atoms with van der Waals surface area (Å²) in [5.41, 5.74) is 9.98. The molecule has 0 aliphatic heterocycles. The second-order valence-corrected chi connectivity index (χ2v) is 4.25. The monoisotopic (exact) mass is 227 g/mol. The van der Waals surface area contributed by atoms with Crippen LogP contribution in [-0.4, -0.2) is 0 Å². The number of hydrogen-bond donors (Lipinski definition) is 1. The predicted molar refractivity (Wildman–Crippen MR) is 71.1 cm³/mol. The van der Waals surface area contributed by atoms with Crippen molar-refractivity contribution in [3.05, 3.63) is 59.2 Å². The summed E-state index contributed by atoms with van der Waals surface area (Å²) in [6.07, 6.45) is 0. The first-order chi connectivity index (χ1) is 8.16. The van der Waals surface area contributed by atoms with Gasteiger partial charge in [0.2, 0.25) is 0 Å². The molecule has 0 saturated heterocycles. The molecule has 2 N–H and O–H groups in total. The van der Waals surface area contributed by atoms with Crippen LogP contribution in [0.15, 0.2) is 42.5 Å². The van der Waals surface area contributed by atoms with Gasteiger partial charge < -0.3 is 10.5 Å². The Bertz CT molecular complexity index is 506. The van der Waals surface area contributed by atoms with Crippen molar-refractivity contribution in [2.24, 2.45) is 0 Å². The van der Waals surface area contributed by atoms with E-state index in [-0.39, 0.29) is 0 Å². The van der Waals surface area contributed by atoms with Gasteiger partial charge in [-0.3, -0.25) is 0 Å². The molecule has 0 unspecified atom stereocenters. The maximum absolute atomic E-state index is 5.91. The third kappa shape index (κ3) is 2.78. The van der Waals surface area contributed by atoms with Gasteiger partial charge in [-0.15, -0.1) is 0 Å². The first-order valence-electron chi connectivity index (χ1n) is 5.70. The Morgan fingerprint density at radius 3 is 2.47 bits per heavy atom. The largest absolute Gasteiger partial charge is 0.489 e. The molecule has 0 spiro atoms. The van der Waals surface area contributed by atoms with Gasteiger partial charge in [0, 0.05) is 11.3 Å². The van der Waals surface area contributed by atoms with Crippen LogP contribution in [0.5, 0.6) is 5.75 Å². The van der Waals surface area contributed by atoms with Crippen LogP contribution in [0.2, 0.25) is 0 Å². The SMILES string of the molecule is Cc1cc(N)c(C)c(OCc2ccccc2)c1. The molecule has 0 amide bonds. The van der Waals surface area contributed by atoms with Crippen molar-refractivity contribution in [3.8, 4) is 5.75 Å². The quantitative estimate of drug-likeness (QED) is 0.815. The van der Waals surface area contributed by atoms with E-state index < -0.39 is 0 Å². The van der Waals surface area contributed by atoms with Gasteiger partial charge in [-0.05, 0) is 37.1 Å². The minimum atomic E-state index is 0.574. The van der Waals surface area contributed by atoms with Crippen molar-refractivity contribution >= 4 is 5.69 Å². The zero-order valence-electron chi connectivity index (χ0n) is 10.2. The summed E-state index contributed by atoms with van der Waals surface area (Å²) in [7, 11) is 0. The number of hydrogen-bond acceptors (Lipinski definition) is 2. The Morgan fingerprint density at radius 1 is 1.06 bits per heavy atom. The zero-order valence-corrected chi connectivity index (χ0v) is 10.2. The van der Waals surface area contributed by atoms with E-state index in [1.807, 2.05) is 44.2 Å². The third-order valence-electron chi connectivity index (χ3n) is 2.78. The van der Waals surface area contributed by atoms with Crippen molar-refractivity contribution in [1.29, 1.82) is 0 Å². The molecule has 2 nitrogen and oxygen atoms in total. The second-order valence-electron chi connectivity index (χ2n) is 4.25. The van der Waals surface area contributed by atoms with Crippen molar-refractivity contribution < 1.29 is 4.74 Å². The van der Waals surface area contributed by atoms with E-state index in [0.717, 1.165) is 28.1 Å². The van der Waals surface area contributed by atoms with Crippen LogP contribution >= 0.6 is 0 Å². The van der Waals surface area contributed by atoms with Gasteiger partial charge in [-0.1, -0.05) is 30.3 Å². The lowest BCUT2D eigenvalue weighted by molar-refractivity contribution is 0.304. The van der Waals surface area contributed by atoms with Crippen LogP contribution in [0.1, 0.15) is 16.7 Å². The third-order valence-corrected chi connectivity index (χ3v) is 2.78. The number of nitrogens with two attached hydrogens (primary N) is 1. The Kier molecular flexibility index (Phi) is 3.33. The lowest BCUT2D eigenvalue weighted by Crippen LogP contribution is -1.99. The average molecular weight is 227 g/mol. The highest BCUT2D eigenvalue weighted by molar-refractivity contribution is 5.55. The highest BCUT2D eigenvalue weighted by Gasteiger charge is 2.04. The molecule has 17 heavy (non-hydrogen) atoms. The van der Waals surface area contributed by atoms with Crippen molar-refractivity contribution in [2.45, 2.75) is 20.5 Å². The molecule has 2 rings (SSSR count). The highest BCUT2D eigenvalue weighted by atomic mass is 16.5. The molecule has 0 radical (unpaired) electrons. The number of ether oxygens (including phenoxy) is 1. The summed E-state index contributed by atoms with van der Waals surface area (Å²) in [6, 6.07) is 14.1. The Balaban J connectivity index is 2.14. The maximum Gasteiger partial charge on any atom is 0.125 e. The standard InChI is InChI=1S/C15H17NO/c1-11-8-14(16)12(2)15(9-11)17-10-13-6-4-3-5-7-13/h3-9H,10,16H2,1-2H3. The molecule has 0 saturated carbocycles. The van der Waals surface area contributed by atoms with Gasteiger partial charge in [0.1, 0.15) is 12.4 Å². The fourth-order valence-electron chi connectivity index (χ4n) is 1.74. The zero-order chi connectivity index (χ0) is 12.3. The number of nitrogen functional groups attached to an aromatic ring is 1. The fourth-order valence-corrected chi connectivity index (χ4v) is 1.74. The molecule has 0 aliphatic rings. The number of rotatable bonds is 3. The van der Waals surface area contributed by atoms with Crippen molar-refractivity contribution in [2.75, 3.05) is 5.73 Å². The minimum absolute atomic E-state index is 0.574. The van der Waals surface area contributed by atoms with Crippen molar-refractivity contribution in [1.82, 2.24) is 0 Å². The molecule has 0 atom stereocenters. The molecule has 2 heteroatoms. The summed E-state index contributed by atoms with van der Waals surface area (Å²) in [5.74, 6) is 0.867. The van der Waals surface area contributed by atoms with Crippen LogP contribution < -0.4 is 10.5 Å². The molecule has 0 heterocycles. The smallest absolute Gasteiger partial charge is 0.125 e. The van der Waals surface area contributed by atoms with Gasteiger partial charge in [0.15, 0.2) is 0 Å². The minimum Gasteiger partial charge on any atom is -0.489 e. The van der Waals surface area contributed by atoms with Gasteiger partial charge in [0.25, 0.3) is 0 Å². The normalized spacial score (nSPS) is 10.2. The van der Waals surface area contributed by atoms with E-state index in [1.165, 1.54) is 0 Å². The summed E-state index contributed by atoms with van der Waals surface area (Å²) in [4.78, 5) is 0. The van der Waals surface area contributed by atoms with Crippen LogP contribution in [0.25, 0.3) is 0 Å². The Labute approximate surface area is 102 Å². The summed E-state index contributed by atoms with van der Waals surface area (Å²) in [5, 5.41) is 0. The first kappa shape index (κ1) is 11.5. The molecule has 2 aromatic rings. The maximum atomic E-state index is 5.91. The van der Waals surface area contributed by atoms with E-state index in [9.17, 15) is 0 Å². The lowest BCUT2D eigenvalue weighted by atomic mass is 10.1. The summed E-state index contributed by atoms with van der Waals surface area (Å²) >= 11 is 0. The summed E-state index contributed by atoms with van der Waals surface area (Å²) < 4.78 is 5.80. The van der Waals surface area contributed by atoms with Crippen LogP contribution in [0.3, 0.4) is 0 Å². The number of anilines is 1. The van der Waals surface area contributed by atoms with Crippen LogP contribution in [0.4, 0.5) is 5.69 Å². The van der Waals surface area contributed by atoms with E-state index in [2.05, 4.69) is 12.1 Å². The lowest BCUT2D eigenvalue weighted by Gasteiger charge is -2.12. The van der Waals surface area contributed by atoms with Gasteiger partial charge in [0.05, 0.1) is 0 Å². The van der Waals surface area contributed by atoms with E-state index in [0.29, 0.717) is 6.61 Å². The van der Waals surface area contributed by atoms with Crippen molar-refractivity contribution in [3.63, 3.8) is 0 Å². The highest BCUT2D eigenvalue weighted by Crippen LogP contribution is 2.26. The number of benzene rings is 2. The van der Waals surface area contributed by atoms with Crippen LogP contribution in [-0.2, 0) is 6.61 Å². The molecule has 2 aromatic carbocycles. The van der Waals surface area contributed by atoms with E-state index in [4.69, 9.17) is 10.5 Å². The van der Waals surface area contributed by atoms with Crippen LogP contribution in [0, 0.1) is 13.8 Å². The van der Waals surface area contributed by atoms with E-state index in [1.54, 1.807) is 0 Å². The average Bonchev–Trinajstić information content (AvgIpc) is 2.33.